The average molecular weight is 199 g/mol. The minimum absolute atomic E-state index is 0.0725. The number of hydrogen-bond acceptors (Lipinski definition) is 1. The third kappa shape index (κ3) is 3.50. The molecule has 1 saturated carbocycles. The standard InChI is InChI=1S/C8H13F4N/c9-7(2-1-6(13)5-7)3-4-8(10,11)12/h6H,1-5,13H2. The van der Waals surface area contributed by atoms with Gasteiger partial charge in [0.2, 0.25) is 0 Å². The predicted octanol–water partition coefficient (Wildman–Crippen LogP) is 2.55. The van der Waals surface area contributed by atoms with Crippen LogP contribution in [0.2, 0.25) is 0 Å². The second-order valence-corrected chi connectivity index (χ2v) is 3.77. The fourth-order valence-corrected chi connectivity index (χ4v) is 1.71. The Morgan fingerprint density at radius 2 is 2.00 bits per heavy atom. The molecule has 0 radical (unpaired) electrons. The molecule has 1 aliphatic carbocycles. The van der Waals surface area contributed by atoms with Crippen LogP contribution in [0.25, 0.3) is 0 Å². The number of alkyl halides is 4. The lowest BCUT2D eigenvalue weighted by molar-refractivity contribution is -0.141. The molecular formula is C8H13F4N. The van der Waals surface area contributed by atoms with E-state index in [0.717, 1.165) is 0 Å². The summed E-state index contributed by atoms with van der Waals surface area (Å²) in [5, 5.41) is 0. The van der Waals surface area contributed by atoms with Gasteiger partial charge in [0.25, 0.3) is 0 Å². The highest BCUT2D eigenvalue weighted by molar-refractivity contribution is 4.91. The molecule has 0 aliphatic heterocycles. The monoisotopic (exact) mass is 199 g/mol. The van der Waals surface area contributed by atoms with Crippen LogP contribution in [0.3, 0.4) is 0 Å². The Labute approximate surface area is 74.3 Å². The Morgan fingerprint density at radius 3 is 2.38 bits per heavy atom. The summed E-state index contributed by atoms with van der Waals surface area (Å²) in [5.41, 5.74) is 3.76. The highest BCUT2D eigenvalue weighted by atomic mass is 19.4. The largest absolute Gasteiger partial charge is 0.389 e. The first-order valence-electron chi connectivity index (χ1n) is 4.32. The molecule has 0 saturated heterocycles. The van der Waals surface area contributed by atoms with Gasteiger partial charge in [-0.25, -0.2) is 4.39 Å². The Kier molecular flexibility index (Phi) is 2.85. The zero-order chi connectivity index (χ0) is 10.1. The summed E-state index contributed by atoms with van der Waals surface area (Å²) < 4.78 is 48.8. The van der Waals surface area contributed by atoms with Crippen LogP contribution >= 0.6 is 0 Å². The molecule has 0 heterocycles. The molecule has 0 bridgehead atoms. The van der Waals surface area contributed by atoms with E-state index in [9.17, 15) is 17.6 Å². The number of nitrogens with two attached hydrogens (primary N) is 1. The zero-order valence-electron chi connectivity index (χ0n) is 7.20. The molecule has 1 rings (SSSR count). The van der Waals surface area contributed by atoms with E-state index in [1.165, 1.54) is 0 Å². The van der Waals surface area contributed by atoms with Crippen molar-refractivity contribution < 1.29 is 17.6 Å². The van der Waals surface area contributed by atoms with E-state index < -0.39 is 24.7 Å². The number of hydrogen-bond donors (Lipinski definition) is 1. The molecule has 2 atom stereocenters. The Bertz CT molecular complexity index is 179. The Morgan fingerprint density at radius 1 is 1.38 bits per heavy atom. The minimum Gasteiger partial charge on any atom is -0.328 e. The lowest BCUT2D eigenvalue weighted by Crippen LogP contribution is -2.25. The lowest BCUT2D eigenvalue weighted by atomic mass is 9.98. The molecule has 2 unspecified atom stereocenters. The van der Waals surface area contributed by atoms with Crippen molar-refractivity contribution in [1.82, 2.24) is 0 Å². The van der Waals surface area contributed by atoms with Crippen molar-refractivity contribution in [3.63, 3.8) is 0 Å². The van der Waals surface area contributed by atoms with E-state index in [2.05, 4.69) is 0 Å². The lowest BCUT2D eigenvalue weighted by Gasteiger charge is -2.19. The van der Waals surface area contributed by atoms with E-state index in [-0.39, 0.29) is 18.9 Å². The summed E-state index contributed by atoms with van der Waals surface area (Å²) in [7, 11) is 0. The predicted molar refractivity (Wildman–Crippen MR) is 41.0 cm³/mol. The van der Waals surface area contributed by atoms with Gasteiger partial charge in [-0.15, -0.1) is 0 Å². The summed E-state index contributed by atoms with van der Waals surface area (Å²) in [5.74, 6) is 0. The summed E-state index contributed by atoms with van der Waals surface area (Å²) in [6.45, 7) is 0. The van der Waals surface area contributed by atoms with Gasteiger partial charge in [-0.1, -0.05) is 0 Å². The van der Waals surface area contributed by atoms with E-state index in [0.29, 0.717) is 6.42 Å². The van der Waals surface area contributed by atoms with Crippen LogP contribution < -0.4 is 5.73 Å². The normalized spacial score (nSPS) is 35.3. The zero-order valence-corrected chi connectivity index (χ0v) is 7.20. The van der Waals surface area contributed by atoms with Crippen LogP contribution in [0.5, 0.6) is 0 Å². The quantitative estimate of drug-likeness (QED) is 0.679. The summed E-state index contributed by atoms with van der Waals surface area (Å²) >= 11 is 0. The fourth-order valence-electron chi connectivity index (χ4n) is 1.71. The highest BCUT2D eigenvalue weighted by Crippen LogP contribution is 2.39. The van der Waals surface area contributed by atoms with Crippen LogP contribution in [-0.4, -0.2) is 17.9 Å². The molecule has 13 heavy (non-hydrogen) atoms. The van der Waals surface area contributed by atoms with Crippen molar-refractivity contribution in [3.05, 3.63) is 0 Å². The van der Waals surface area contributed by atoms with Crippen LogP contribution in [0.15, 0.2) is 0 Å². The number of halogens is 4. The molecule has 5 heteroatoms. The molecule has 0 aromatic carbocycles. The van der Waals surface area contributed by atoms with Crippen molar-refractivity contribution in [2.24, 2.45) is 5.73 Å². The molecule has 0 aromatic rings. The van der Waals surface area contributed by atoms with E-state index in [1.54, 1.807) is 0 Å². The van der Waals surface area contributed by atoms with Crippen LogP contribution in [0.1, 0.15) is 32.1 Å². The SMILES string of the molecule is NC1CCC(F)(CCC(F)(F)F)C1. The first-order chi connectivity index (χ1) is 5.81. The second-order valence-electron chi connectivity index (χ2n) is 3.77. The van der Waals surface area contributed by atoms with Crippen molar-refractivity contribution in [2.45, 2.75) is 50.0 Å². The van der Waals surface area contributed by atoms with Gasteiger partial charge in [0.1, 0.15) is 5.67 Å². The maximum atomic E-state index is 13.5. The molecule has 78 valence electrons. The van der Waals surface area contributed by atoms with Crippen LogP contribution in [-0.2, 0) is 0 Å². The second kappa shape index (κ2) is 3.44. The topological polar surface area (TPSA) is 26.0 Å². The van der Waals surface area contributed by atoms with E-state index >= 15 is 0 Å². The molecule has 1 aliphatic rings. The molecule has 1 fully saturated rings. The van der Waals surface area contributed by atoms with Gasteiger partial charge >= 0.3 is 6.18 Å². The van der Waals surface area contributed by atoms with Crippen LogP contribution in [0.4, 0.5) is 17.6 Å². The molecule has 2 N–H and O–H groups in total. The van der Waals surface area contributed by atoms with Gasteiger partial charge < -0.3 is 5.73 Å². The maximum absolute atomic E-state index is 13.5. The molecule has 0 aromatic heterocycles. The van der Waals surface area contributed by atoms with Crippen molar-refractivity contribution in [3.8, 4) is 0 Å². The van der Waals surface area contributed by atoms with Gasteiger partial charge in [0, 0.05) is 12.5 Å². The van der Waals surface area contributed by atoms with Crippen molar-refractivity contribution >= 4 is 0 Å². The fraction of sp³-hybridized carbons (Fsp3) is 1.00. The van der Waals surface area contributed by atoms with Gasteiger partial charge in [-0.05, 0) is 25.7 Å². The molecule has 0 amide bonds. The molecular weight excluding hydrogens is 186 g/mol. The van der Waals surface area contributed by atoms with Gasteiger partial charge in [0.15, 0.2) is 0 Å². The van der Waals surface area contributed by atoms with Gasteiger partial charge in [-0.3, -0.25) is 0 Å². The number of rotatable bonds is 2. The van der Waals surface area contributed by atoms with Crippen LogP contribution in [0, 0.1) is 0 Å². The average Bonchev–Trinajstić information content (AvgIpc) is 2.27. The third-order valence-electron chi connectivity index (χ3n) is 2.45. The summed E-state index contributed by atoms with van der Waals surface area (Å²) in [6.07, 6.45) is -5.01. The van der Waals surface area contributed by atoms with E-state index in [1.807, 2.05) is 0 Å². The maximum Gasteiger partial charge on any atom is 0.389 e. The molecule has 0 spiro atoms. The summed E-state index contributed by atoms with van der Waals surface area (Å²) in [4.78, 5) is 0. The van der Waals surface area contributed by atoms with E-state index in [4.69, 9.17) is 5.73 Å². The van der Waals surface area contributed by atoms with Crippen molar-refractivity contribution in [1.29, 1.82) is 0 Å². The molecule has 1 nitrogen and oxygen atoms in total. The Balaban J connectivity index is 2.36. The van der Waals surface area contributed by atoms with Gasteiger partial charge in [0.05, 0.1) is 0 Å². The first kappa shape index (κ1) is 10.8. The Hall–Kier alpha value is -0.320. The first-order valence-corrected chi connectivity index (χ1v) is 4.32. The highest BCUT2D eigenvalue weighted by Gasteiger charge is 2.41. The smallest absolute Gasteiger partial charge is 0.328 e. The minimum atomic E-state index is -4.26. The summed E-state index contributed by atoms with van der Waals surface area (Å²) in [6, 6.07) is -0.266. The van der Waals surface area contributed by atoms with Gasteiger partial charge in [-0.2, -0.15) is 13.2 Å². The third-order valence-corrected chi connectivity index (χ3v) is 2.45. The van der Waals surface area contributed by atoms with Crippen molar-refractivity contribution in [2.75, 3.05) is 0 Å².